The third kappa shape index (κ3) is 5.58. The first-order chi connectivity index (χ1) is 9.20. The summed E-state index contributed by atoms with van der Waals surface area (Å²) in [6.07, 6.45) is 4.32. The van der Waals surface area contributed by atoms with Gasteiger partial charge in [-0.1, -0.05) is 18.9 Å². The van der Waals surface area contributed by atoms with Gasteiger partial charge in [-0.25, -0.2) is 0 Å². The fraction of sp³-hybridized carbons (Fsp3) is 0.857. The van der Waals surface area contributed by atoms with E-state index in [1.54, 1.807) is 0 Å². The first-order valence-electron chi connectivity index (χ1n) is 7.01. The van der Waals surface area contributed by atoms with Gasteiger partial charge in [0.15, 0.2) is 0 Å². The summed E-state index contributed by atoms with van der Waals surface area (Å²) < 4.78 is 10.8. The monoisotopic (exact) mass is 274 g/mol. The van der Waals surface area contributed by atoms with E-state index in [-0.39, 0.29) is 6.61 Å². The first-order valence-corrected chi connectivity index (χ1v) is 7.01. The smallest absolute Gasteiger partial charge is 0.114 e. The van der Waals surface area contributed by atoms with Gasteiger partial charge in [-0.15, -0.1) is 6.58 Å². The van der Waals surface area contributed by atoms with Crippen molar-refractivity contribution in [2.45, 2.75) is 56.5 Å². The normalized spacial score (nSPS) is 28.5. The lowest BCUT2D eigenvalue weighted by Gasteiger charge is -2.23. The molecule has 112 valence electrons. The Bertz CT molecular complexity index is 246. The second-order valence-corrected chi connectivity index (χ2v) is 4.94. The maximum atomic E-state index is 9.72. The highest BCUT2D eigenvalue weighted by atomic mass is 16.6. The van der Waals surface area contributed by atoms with Gasteiger partial charge in [-0.3, -0.25) is 0 Å². The summed E-state index contributed by atoms with van der Waals surface area (Å²) in [5, 5.41) is 28.2. The summed E-state index contributed by atoms with van der Waals surface area (Å²) in [5.41, 5.74) is 0. The Morgan fingerprint density at radius 2 is 2.05 bits per heavy atom. The third-order valence-corrected chi connectivity index (χ3v) is 3.34. The number of aliphatic hydroxyl groups is 3. The van der Waals surface area contributed by atoms with Gasteiger partial charge in [0.25, 0.3) is 0 Å². The zero-order valence-corrected chi connectivity index (χ0v) is 11.4. The van der Waals surface area contributed by atoms with Crippen molar-refractivity contribution in [3.8, 4) is 0 Å². The second-order valence-electron chi connectivity index (χ2n) is 4.94. The molecular weight excluding hydrogens is 248 g/mol. The van der Waals surface area contributed by atoms with Crippen LogP contribution in [0, 0.1) is 0 Å². The minimum Gasteiger partial charge on any atom is -0.394 e. The molecule has 0 aromatic carbocycles. The summed E-state index contributed by atoms with van der Waals surface area (Å²) in [6.45, 7) is 3.97. The Hall–Kier alpha value is -0.460. The van der Waals surface area contributed by atoms with Crippen LogP contribution in [-0.4, -0.2) is 59.6 Å². The summed E-state index contributed by atoms with van der Waals surface area (Å²) in [4.78, 5) is 0. The Labute approximate surface area is 114 Å². The molecule has 19 heavy (non-hydrogen) atoms. The lowest BCUT2D eigenvalue weighted by molar-refractivity contribution is -0.0938. The minimum absolute atomic E-state index is 0.145. The van der Waals surface area contributed by atoms with Gasteiger partial charge in [0, 0.05) is 6.61 Å². The van der Waals surface area contributed by atoms with Crippen LogP contribution in [0.3, 0.4) is 0 Å². The molecule has 0 spiro atoms. The molecule has 1 saturated heterocycles. The largest absolute Gasteiger partial charge is 0.394 e. The molecule has 0 aliphatic carbocycles. The van der Waals surface area contributed by atoms with E-state index in [1.807, 2.05) is 6.08 Å². The van der Waals surface area contributed by atoms with Crippen LogP contribution in [0.15, 0.2) is 12.7 Å². The maximum absolute atomic E-state index is 9.72. The zero-order chi connectivity index (χ0) is 14.1. The Kier molecular flexibility index (Phi) is 8.25. The number of rotatable bonds is 10. The van der Waals surface area contributed by atoms with E-state index in [0.717, 1.165) is 32.1 Å². The van der Waals surface area contributed by atoms with Crippen molar-refractivity contribution in [1.82, 2.24) is 0 Å². The van der Waals surface area contributed by atoms with E-state index >= 15 is 0 Å². The molecule has 4 atom stereocenters. The van der Waals surface area contributed by atoms with Crippen LogP contribution in [0.5, 0.6) is 0 Å². The molecule has 5 heteroatoms. The van der Waals surface area contributed by atoms with Gasteiger partial charge in [0.2, 0.25) is 0 Å². The Morgan fingerprint density at radius 1 is 1.32 bits per heavy atom. The van der Waals surface area contributed by atoms with Crippen molar-refractivity contribution >= 4 is 0 Å². The van der Waals surface area contributed by atoms with Crippen molar-refractivity contribution in [3.05, 3.63) is 12.7 Å². The minimum atomic E-state index is -1.00. The first kappa shape index (κ1) is 16.6. The topological polar surface area (TPSA) is 79.2 Å². The molecule has 1 aliphatic rings. The van der Waals surface area contributed by atoms with Crippen LogP contribution >= 0.6 is 0 Å². The SMILES string of the molecule is C=CCCCCCCO[C@@H]1[C@H]([C@@H](O)CO)OC[C@H]1O. The van der Waals surface area contributed by atoms with Crippen molar-refractivity contribution < 1.29 is 24.8 Å². The van der Waals surface area contributed by atoms with E-state index in [9.17, 15) is 10.2 Å². The van der Waals surface area contributed by atoms with Crippen molar-refractivity contribution in [2.24, 2.45) is 0 Å². The molecule has 0 saturated carbocycles. The summed E-state index contributed by atoms with van der Waals surface area (Å²) in [6, 6.07) is 0. The summed E-state index contributed by atoms with van der Waals surface area (Å²) in [7, 11) is 0. The van der Waals surface area contributed by atoms with Crippen LogP contribution in [-0.2, 0) is 9.47 Å². The highest BCUT2D eigenvalue weighted by Gasteiger charge is 2.40. The average molecular weight is 274 g/mol. The van der Waals surface area contributed by atoms with Crippen LogP contribution in [0.4, 0.5) is 0 Å². The molecule has 3 N–H and O–H groups in total. The number of unbranched alkanes of at least 4 members (excludes halogenated alkanes) is 4. The fourth-order valence-electron chi connectivity index (χ4n) is 2.22. The van der Waals surface area contributed by atoms with E-state index in [0.29, 0.717) is 6.61 Å². The summed E-state index contributed by atoms with van der Waals surface area (Å²) in [5.74, 6) is 0. The van der Waals surface area contributed by atoms with E-state index in [2.05, 4.69) is 6.58 Å². The quantitative estimate of drug-likeness (QED) is 0.402. The lowest BCUT2D eigenvalue weighted by Crippen LogP contribution is -2.42. The molecule has 1 heterocycles. The van der Waals surface area contributed by atoms with E-state index in [1.165, 1.54) is 0 Å². The molecule has 0 unspecified atom stereocenters. The van der Waals surface area contributed by atoms with Crippen LogP contribution in [0.2, 0.25) is 0 Å². The molecule has 0 bridgehead atoms. The molecular formula is C14H26O5. The molecule has 1 fully saturated rings. The molecule has 0 radical (unpaired) electrons. The van der Waals surface area contributed by atoms with Crippen molar-refractivity contribution in [3.63, 3.8) is 0 Å². The number of aliphatic hydroxyl groups excluding tert-OH is 3. The third-order valence-electron chi connectivity index (χ3n) is 3.34. The van der Waals surface area contributed by atoms with E-state index in [4.69, 9.17) is 14.6 Å². The molecule has 5 nitrogen and oxygen atoms in total. The zero-order valence-electron chi connectivity index (χ0n) is 11.4. The predicted octanol–water partition coefficient (Wildman–Crippen LogP) is 0.621. The number of hydrogen-bond acceptors (Lipinski definition) is 5. The van der Waals surface area contributed by atoms with Gasteiger partial charge in [-0.05, 0) is 19.3 Å². The van der Waals surface area contributed by atoms with Gasteiger partial charge < -0.3 is 24.8 Å². The Morgan fingerprint density at radius 3 is 2.74 bits per heavy atom. The van der Waals surface area contributed by atoms with Crippen LogP contribution in [0.1, 0.15) is 32.1 Å². The fourth-order valence-corrected chi connectivity index (χ4v) is 2.22. The predicted molar refractivity (Wildman–Crippen MR) is 71.9 cm³/mol. The van der Waals surface area contributed by atoms with Gasteiger partial charge >= 0.3 is 0 Å². The van der Waals surface area contributed by atoms with E-state index < -0.39 is 31.0 Å². The lowest BCUT2D eigenvalue weighted by atomic mass is 10.1. The molecule has 0 amide bonds. The van der Waals surface area contributed by atoms with Crippen molar-refractivity contribution in [2.75, 3.05) is 19.8 Å². The second kappa shape index (κ2) is 9.44. The number of hydrogen-bond donors (Lipinski definition) is 3. The highest BCUT2D eigenvalue weighted by molar-refractivity contribution is 4.89. The molecule has 1 rings (SSSR count). The van der Waals surface area contributed by atoms with Gasteiger partial charge in [0.1, 0.15) is 24.4 Å². The number of ether oxygens (including phenoxy) is 2. The van der Waals surface area contributed by atoms with Crippen molar-refractivity contribution in [1.29, 1.82) is 0 Å². The summed E-state index contributed by atoms with van der Waals surface area (Å²) >= 11 is 0. The maximum Gasteiger partial charge on any atom is 0.114 e. The number of allylic oxidation sites excluding steroid dienone is 1. The Balaban J connectivity index is 2.17. The molecule has 1 aliphatic heterocycles. The average Bonchev–Trinajstić information content (AvgIpc) is 2.78. The van der Waals surface area contributed by atoms with Crippen LogP contribution in [0.25, 0.3) is 0 Å². The standard InChI is InChI=1S/C14H26O5/c1-2-3-4-5-6-7-8-18-14-12(17)10-19-13(14)11(16)9-15/h2,11-17H,1,3-10H2/t11-,12+,13-,14-/m0/s1. The highest BCUT2D eigenvalue weighted by Crippen LogP contribution is 2.21. The van der Waals surface area contributed by atoms with Crippen LogP contribution < -0.4 is 0 Å². The van der Waals surface area contributed by atoms with Gasteiger partial charge in [-0.2, -0.15) is 0 Å². The molecule has 0 aromatic heterocycles. The molecule has 0 aromatic rings. The van der Waals surface area contributed by atoms with Gasteiger partial charge in [0.05, 0.1) is 13.2 Å².